The lowest BCUT2D eigenvalue weighted by atomic mass is 10.4. The Hall–Kier alpha value is -1.97. The maximum Gasteiger partial charge on any atom is 0.286 e. The first-order valence-corrected chi connectivity index (χ1v) is 8.56. The third kappa shape index (κ3) is 3.21. The second kappa shape index (κ2) is 5.59. The minimum atomic E-state index is -3.94. The smallest absolute Gasteiger partial charge is 0.286 e. The molecule has 1 fully saturated rings. The quantitative estimate of drug-likeness (QED) is 0.876. The van der Waals surface area contributed by atoms with Gasteiger partial charge in [-0.25, -0.2) is 9.67 Å². The van der Waals surface area contributed by atoms with Crippen molar-refractivity contribution in [3.63, 3.8) is 0 Å². The molecule has 8 nitrogen and oxygen atoms in total. The summed E-state index contributed by atoms with van der Waals surface area (Å²) in [6, 6.07) is 1.38. The fourth-order valence-corrected chi connectivity index (χ4v) is 3.55. The summed E-state index contributed by atoms with van der Waals surface area (Å²) in [5.41, 5.74) is 6.53. The highest BCUT2D eigenvalue weighted by Crippen LogP contribution is 2.28. The molecule has 1 aliphatic carbocycles. The predicted octanol–water partition coefficient (Wildman–Crippen LogP) is 0.967. The van der Waals surface area contributed by atoms with Gasteiger partial charge < -0.3 is 10.6 Å². The maximum absolute atomic E-state index is 12.6. The van der Waals surface area contributed by atoms with Crippen LogP contribution in [0.15, 0.2) is 34.0 Å². The first-order chi connectivity index (χ1) is 10.8. The Morgan fingerprint density at radius 2 is 2.17 bits per heavy atom. The number of halogens is 1. The van der Waals surface area contributed by atoms with Gasteiger partial charge in [0.15, 0.2) is 5.82 Å². The summed E-state index contributed by atoms with van der Waals surface area (Å²) < 4.78 is 30.4. The van der Waals surface area contributed by atoms with Crippen LogP contribution in [0.4, 0.5) is 5.69 Å². The summed E-state index contributed by atoms with van der Waals surface area (Å²) in [6.45, 7) is 0. The molecule has 2 heterocycles. The molecule has 1 atom stereocenters. The van der Waals surface area contributed by atoms with Crippen molar-refractivity contribution in [1.29, 1.82) is 0 Å². The van der Waals surface area contributed by atoms with Crippen molar-refractivity contribution >= 4 is 33.0 Å². The van der Waals surface area contributed by atoms with Gasteiger partial charge in [0, 0.05) is 6.42 Å². The van der Waals surface area contributed by atoms with Gasteiger partial charge in [0.2, 0.25) is 0 Å². The highest BCUT2D eigenvalue weighted by molar-refractivity contribution is 7.90. The minimum Gasteiger partial charge on any atom is -0.397 e. The number of hydrogen-bond donors (Lipinski definition) is 1. The molecule has 10 heteroatoms. The second-order valence-electron chi connectivity index (χ2n) is 5.43. The molecule has 2 aromatic heterocycles. The van der Waals surface area contributed by atoms with E-state index in [0.29, 0.717) is 17.2 Å². The predicted molar refractivity (Wildman–Crippen MR) is 87.5 cm³/mol. The molecule has 23 heavy (non-hydrogen) atoms. The van der Waals surface area contributed by atoms with E-state index in [0.717, 1.165) is 0 Å². The average molecular weight is 355 g/mol. The van der Waals surface area contributed by atoms with Crippen LogP contribution in [0.1, 0.15) is 6.42 Å². The molecule has 122 valence electrons. The van der Waals surface area contributed by atoms with E-state index in [1.54, 1.807) is 0 Å². The Balaban J connectivity index is 2.07. The van der Waals surface area contributed by atoms with Crippen molar-refractivity contribution < 1.29 is 8.42 Å². The highest BCUT2D eigenvalue weighted by atomic mass is 35.5. The summed E-state index contributed by atoms with van der Waals surface area (Å²) in [6.07, 6.45) is 4.85. The molecule has 0 spiro atoms. The number of nitrogens with two attached hydrogens (primary N) is 1. The van der Waals surface area contributed by atoms with Gasteiger partial charge in [-0.05, 0) is 20.2 Å². The first-order valence-electron chi connectivity index (χ1n) is 6.74. The lowest BCUT2D eigenvalue weighted by Gasteiger charge is -2.08. The molecule has 3 rings (SSSR count). The van der Waals surface area contributed by atoms with E-state index in [9.17, 15) is 8.42 Å². The number of pyridine rings is 1. The van der Waals surface area contributed by atoms with Gasteiger partial charge >= 0.3 is 0 Å². The number of rotatable bonds is 4. The molecule has 1 unspecified atom stereocenters. The molecule has 1 saturated carbocycles. The van der Waals surface area contributed by atoms with Gasteiger partial charge in [-0.1, -0.05) is 11.6 Å². The largest absolute Gasteiger partial charge is 0.397 e. The molecule has 0 aliphatic heterocycles. The number of hydrogen-bond acceptors (Lipinski definition) is 6. The zero-order chi connectivity index (χ0) is 16.8. The molecule has 1 aliphatic rings. The van der Waals surface area contributed by atoms with Crippen molar-refractivity contribution in [2.45, 2.75) is 17.4 Å². The molecule has 0 saturated heterocycles. The Morgan fingerprint density at radius 3 is 2.74 bits per heavy atom. The van der Waals surface area contributed by atoms with Crippen LogP contribution in [0.2, 0.25) is 5.02 Å². The van der Waals surface area contributed by atoms with E-state index >= 15 is 0 Å². The Bertz CT molecular complexity index is 890. The van der Waals surface area contributed by atoms with Crippen molar-refractivity contribution in [2.75, 3.05) is 19.8 Å². The van der Waals surface area contributed by atoms with Gasteiger partial charge in [0.1, 0.15) is 4.90 Å². The SMILES string of the molecule is CN(C)C1CC1=NS(=O)(=O)c1cc(N)cnc1-n1cc(Cl)cn1. The number of anilines is 1. The number of nitrogen functional groups attached to an aromatic ring is 1. The van der Waals surface area contributed by atoms with Crippen LogP contribution in [-0.4, -0.2) is 53.9 Å². The molecule has 0 aromatic carbocycles. The van der Waals surface area contributed by atoms with Crippen molar-refractivity contribution in [3.8, 4) is 5.82 Å². The van der Waals surface area contributed by atoms with Crippen LogP contribution in [0.3, 0.4) is 0 Å². The molecular formula is C13H15ClN6O2S. The average Bonchev–Trinajstić information content (AvgIpc) is 3.09. The van der Waals surface area contributed by atoms with Crippen molar-refractivity contribution in [1.82, 2.24) is 19.7 Å². The van der Waals surface area contributed by atoms with Crippen LogP contribution in [0.25, 0.3) is 5.82 Å². The van der Waals surface area contributed by atoms with Gasteiger partial charge in [0.05, 0.1) is 41.1 Å². The highest BCUT2D eigenvalue weighted by Gasteiger charge is 2.36. The van der Waals surface area contributed by atoms with E-state index in [-0.39, 0.29) is 22.4 Å². The van der Waals surface area contributed by atoms with E-state index in [1.165, 1.54) is 29.3 Å². The van der Waals surface area contributed by atoms with Crippen molar-refractivity contribution in [2.24, 2.45) is 4.40 Å². The Kier molecular flexibility index (Phi) is 3.86. The number of sulfonamides is 1. The molecule has 0 radical (unpaired) electrons. The van der Waals surface area contributed by atoms with Crippen LogP contribution >= 0.6 is 11.6 Å². The zero-order valence-electron chi connectivity index (χ0n) is 12.5. The van der Waals surface area contributed by atoms with Crippen LogP contribution < -0.4 is 5.73 Å². The summed E-state index contributed by atoms with van der Waals surface area (Å²) in [5, 5.41) is 4.36. The Morgan fingerprint density at radius 1 is 1.43 bits per heavy atom. The van der Waals surface area contributed by atoms with Gasteiger partial charge in [-0.3, -0.25) is 0 Å². The maximum atomic E-state index is 12.6. The molecule has 0 amide bonds. The summed E-state index contributed by atoms with van der Waals surface area (Å²) >= 11 is 5.84. The normalized spacial score (nSPS) is 19.5. The fraction of sp³-hybridized carbons (Fsp3) is 0.308. The van der Waals surface area contributed by atoms with Crippen LogP contribution in [0.5, 0.6) is 0 Å². The summed E-state index contributed by atoms with van der Waals surface area (Å²) in [5.74, 6) is 0.109. The van der Waals surface area contributed by atoms with E-state index in [1.807, 2.05) is 19.0 Å². The first kappa shape index (κ1) is 15.9. The topological polar surface area (TPSA) is 106 Å². The monoisotopic (exact) mass is 354 g/mol. The standard InChI is InChI=1S/C13H15ClN6O2S/c1-19(2)11-4-10(11)18-23(21,22)12-3-9(15)6-16-13(12)20-7-8(14)5-17-20/h3,5-7,11H,4,15H2,1-2H3. The Labute approximate surface area is 138 Å². The summed E-state index contributed by atoms with van der Waals surface area (Å²) in [4.78, 5) is 5.88. The molecule has 2 aromatic rings. The van der Waals surface area contributed by atoms with Gasteiger partial charge in [0.25, 0.3) is 10.0 Å². The number of nitrogens with zero attached hydrogens (tertiary/aromatic N) is 5. The van der Waals surface area contributed by atoms with Crippen LogP contribution in [-0.2, 0) is 10.0 Å². The number of aromatic nitrogens is 3. The minimum absolute atomic E-state index is 0.0568. The zero-order valence-corrected chi connectivity index (χ0v) is 14.1. The molecular weight excluding hydrogens is 340 g/mol. The van der Waals surface area contributed by atoms with Crippen molar-refractivity contribution in [3.05, 3.63) is 29.7 Å². The van der Waals surface area contributed by atoms with Gasteiger partial charge in [-0.15, -0.1) is 0 Å². The van der Waals surface area contributed by atoms with E-state index < -0.39 is 10.0 Å². The summed E-state index contributed by atoms with van der Waals surface area (Å²) in [7, 11) is -0.193. The van der Waals surface area contributed by atoms with E-state index in [4.69, 9.17) is 17.3 Å². The lowest BCUT2D eigenvalue weighted by molar-refractivity contribution is 0.417. The third-order valence-electron chi connectivity index (χ3n) is 3.39. The van der Waals surface area contributed by atoms with E-state index in [2.05, 4.69) is 14.5 Å². The second-order valence-corrected chi connectivity index (χ2v) is 7.44. The third-order valence-corrected chi connectivity index (χ3v) is 4.91. The molecule has 0 bridgehead atoms. The molecule has 2 N–H and O–H groups in total. The fourth-order valence-electron chi connectivity index (χ4n) is 2.15. The van der Waals surface area contributed by atoms with Gasteiger partial charge in [-0.2, -0.15) is 17.9 Å². The van der Waals surface area contributed by atoms with Crippen LogP contribution in [0, 0.1) is 0 Å². The lowest BCUT2D eigenvalue weighted by Crippen LogP contribution is -2.16.